The van der Waals surface area contributed by atoms with Gasteiger partial charge >= 0.3 is 0 Å². The Labute approximate surface area is 83.8 Å². The molecule has 0 fully saturated rings. The molecule has 0 aromatic rings. The SMILES string of the molecule is CC(CC#N)NC(=O)C1C=CC(N)C1. The van der Waals surface area contributed by atoms with Gasteiger partial charge < -0.3 is 11.1 Å². The lowest BCUT2D eigenvalue weighted by atomic mass is 10.1. The van der Waals surface area contributed by atoms with Gasteiger partial charge in [-0.2, -0.15) is 5.26 Å². The summed E-state index contributed by atoms with van der Waals surface area (Å²) in [4.78, 5) is 11.5. The third-order valence-electron chi connectivity index (χ3n) is 2.24. The second-order valence-electron chi connectivity index (χ2n) is 3.66. The molecule has 14 heavy (non-hydrogen) atoms. The summed E-state index contributed by atoms with van der Waals surface area (Å²) in [5, 5.41) is 11.2. The van der Waals surface area contributed by atoms with Gasteiger partial charge in [-0.1, -0.05) is 12.2 Å². The van der Waals surface area contributed by atoms with Gasteiger partial charge in [0.25, 0.3) is 0 Å². The van der Waals surface area contributed by atoms with Gasteiger partial charge in [0.1, 0.15) is 0 Å². The van der Waals surface area contributed by atoms with Crippen LogP contribution in [0.15, 0.2) is 12.2 Å². The summed E-state index contributed by atoms with van der Waals surface area (Å²) < 4.78 is 0. The third kappa shape index (κ3) is 2.86. The van der Waals surface area contributed by atoms with Crippen LogP contribution in [0.3, 0.4) is 0 Å². The summed E-state index contributed by atoms with van der Waals surface area (Å²) in [5.41, 5.74) is 5.63. The highest BCUT2D eigenvalue weighted by Gasteiger charge is 2.23. The molecular weight excluding hydrogens is 178 g/mol. The first-order chi connectivity index (χ1) is 6.63. The lowest BCUT2D eigenvalue weighted by Gasteiger charge is -2.14. The monoisotopic (exact) mass is 193 g/mol. The van der Waals surface area contributed by atoms with E-state index in [-0.39, 0.29) is 23.9 Å². The van der Waals surface area contributed by atoms with E-state index >= 15 is 0 Å². The van der Waals surface area contributed by atoms with Crippen LogP contribution in [0.5, 0.6) is 0 Å². The molecule has 3 atom stereocenters. The van der Waals surface area contributed by atoms with Crippen molar-refractivity contribution >= 4 is 5.91 Å². The number of hydrogen-bond acceptors (Lipinski definition) is 3. The molecule has 0 saturated heterocycles. The molecule has 3 N–H and O–H groups in total. The Hall–Kier alpha value is -1.34. The molecule has 4 heteroatoms. The number of hydrogen-bond donors (Lipinski definition) is 2. The molecule has 0 saturated carbocycles. The van der Waals surface area contributed by atoms with Gasteiger partial charge in [-0.25, -0.2) is 0 Å². The quantitative estimate of drug-likeness (QED) is 0.633. The number of carbonyl (C=O) groups is 1. The van der Waals surface area contributed by atoms with Crippen LogP contribution >= 0.6 is 0 Å². The fourth-order valence-corrected chi connectivity index (χ4v) is 1.46. The van der Waals surface area contributed by atoms with E-state index in [1.807, 2.05) is 25.1 Å². The van der Waals surface area contributed by atoms with E-state index in [1.54, 1.807) is 0 Å². The summed E-state index contributed by atoms with van der Waals surface area (Å²) >= 11 is 0. The summed E-state index contributed by atoms with van der Waals surface area (Å²) in [6.07, 6.45) is 4.69. The summed E-state index contributed by atoms with van der Waals surface area (Å²) in [5.74, 6) is -0.150. The average Bonchev–Trinajstić information content (AvgIpc) is 2.52. The maximum atomic E-state index is 11.5. The zero-order valence-electron chi connectivity index (χ0n) is 8.23. The number of carbonyl (C=O) groups excluding carboxylic acids is 1. The second-order valence-corrected chi connectivity index (χ2v) is 3.66. The lowest BCUT2D eigenvalue weighted by Crippen LogP contribution is -2.36. The zero-order chi connectivity index (χ0) is 10.6. The number of rotatable bonds is 3. The van der Waals surface area contributed by atoms with Crippen molar-refractivity contribution in [3.8, 4) is 6.07 Å². The van der Waals surface area contributed by atoms with Gasteiger partial charge in [0.15, 0.2) is 0 Å². The standard InChI is InChI=1S/C10H15N3O/c1-7(4-5-11)13-10(14)8-2-3-9(12)6-8/h2-3,7-9H,4,6,12H2,1H3,(H,13,14). The van der Waals surface area contributed by atoms with Gasteiger partial charge in [0.2, 0.25) is 5.91 Å². The Morgan fingerprint density at radius 3 is 3.00 bits per heavy atom. The molecule has 76 valence electrons. The van der Waals surface area contributed by atoms with Crippen molar-refractivity contribution in [2.24, 2.45) is 11.7 Å². The Kier molecular flexibility index (Phi) is 3.66. The molecule has 1 aliphatic rings. The molecule has 1 rings (SSSR count). The minimum absolute atomic E-state index is 0.00276. The van der Waals surface area contributed by atoms with Crippen molar-refractivity contribution in [2.45, 2.75) is 31.8 Å². The Bertz CT molecular complexity index is 280. The number of amides is 1. The normalized spacial score (nSPS) is 26.9. The summed E-state index contributed by atoms with van der Waals surface area (Å²) in [6.45, 7) is 1.82. The summed E-state index contributed by atoms with van der Waals surface area (Å²) in [6, 6.07) is 1.93. The molecule has 0 spiro atoms. The predicted octanol–water partition coefficient (Wildman–Crippen LogP) is 0.308. The highest BCUT2D eigenvalue weighted by Crippen LogP contribution is 2.16. The molecule has 0 aromatic heterocycles. The predicted molar refractivity (Wildman–Crippen MR) is 53.1 cm³/mol. The number of nitriles is 1. The van der Waals surface area contributed by atoms with Crippen LogP contribution in [0.25, 0.3) is 0 Å². The molecule has 0 bridgehead atoms. The lowest BCUT2D eigenvalue weighted by molar-refractivity contribution is -0.124. The van der Waals surface area contributed by atoms with Crippen molar-refractivity contribution in [1.82, 2.24) is 5.32 Å². The van der Waals surface area contributed by atoms with Gasteiger partial charge in [0.05, 0.1) is 18.4 Å². The van der Waals surface area contributed by atoms with E-state index in [0.29, 0.717) is 12.8 Å². The van der Waals surface area contributed by atoms with Gasteiger partial charge in [-0.05, 0) is 13.3 Å². The van der Waals surface area contributed by atoms with Crippen molar-refractivity contribution in [1.29, 1.82) is 5.26 Å². The van der Waals surface area contributed by atoms with Gasteiger partial charge in [-0.3, -0.25) is 4.79 Å². The van der Waals surface area contributed by atoms with E-state index in [0.717, 1.165) is 0 Å². The smallest absolute Gasteiger partial charge is 0.227 e. The number of nitrogens with zero attached hydrogens (tertiary/aromatic N) is 1. The van der Waals surface area contributed by atoms with Crippen LogP contribution in [0.2, 0.25) is 0 Å². The highest BCUT2D eigenvalue weighted by molar-refractivity contribution is 5.81. The molecule has 0 aromatic carbocycles. The molecule has 0 aliphatic heterocycles. The van der Waals surface area contributed by atoms with Crippen LogP contribution in [0.4, 0.5) is 0 Å². The van der Waals surface area contributed by atoms with Crippen molar-refractivity contribution in [3.63, 3.8) is 0 Å². The Morgan fingerprint density at radius 2 is 2.50 bits per heavy atom. The number of nitrogens with two attached hydrogens (primary N) is 1. The fourth-order valence-electron chi connectivity index (χ4n) is 1.46. The van der Waals surface area contributed by atoms with Crippen LogP contribution in [-0.4, -0.2) is 18.0 Å². The van der Waals surface area contributed by atoms with Crippen LogP contribution in [0, 0.1) is 17.2 Å². The van der Waals surface area contributed by atoms with E-state index in [2.05, 4.69) is 5.32 Å². The number of nitrogens with one attached hydrogen (secondary N) is 1. The Morgan fingerprint density at radius 1 is 1.79 bits per heavy atom. The summed E-state index contributed by atoms with van der Waals surface area (Å²) in [7, 11) is 0. The topological polar surface area (TPSA) is 78.9 Å². The van der Waals surface area contributed by atoms with E-state index in [4.69, 9.17) is 11.0 Å². The van der Waals surface area contributed by atoms with Gasteiger partial charge in [-0.15, -0.1) is 0 Å². The third-order valence-corrected chi connectivity index (χ3v) is 2.24. The van der Waals surface area contributed by atoms with Crippen molar-refractivity contribution in [3.05, 3.63) is 12.2 Å². The van der Waals surface area contributed by atoms with E-state index in [9.17, 15) is 4.79 Å². The van der Waals surface area contributed by atoms with E-state index < -0.39 is 0 Å². The first-order valence-electron chi connectivity index (χ1n) is 4.74. The molecule has 4 nitrogen and oxygen atoms in total. The van der Waals surface area contributed by atoms with Gasteiger partial charge in [0, 0.05) is 12.1 Å². The first kappa shape index (κ1) is 10.7. The molecule has 0 radical (unpaired) electrons. The second kappa shape index (κ2) is 4.77. The fraction of sp³-hybridized carbons (Fsp3) is 0.600. The highest BCUT2D eigenvalue weighted by atomic mass is 16.1. The average molecular weight is 193 g/mol. The molecule has 0 heterocycles. The Balaban J connectivity index is 2.36. The van der Waals surface area contributed by atoms with E-state index in [1.165, 1.54) is 0 Å². The molecule has 1 amide bonds. The van der Waals surface area contributed by atoms with Crippen LogP contribution in [0.1, 0.15) is 19.8 Å². The largest absolute Gasteiger partial charge is 0.352 e. The van der Waals surface area contributed by atoms with Crippen molar-refractivity contribution < 1.29 is 4.79 Å². The minimum atomic E-state index is -0.119. The maximum Gasteiger partial charge on any atom is 0.227 e. The first-order valence-corrected chi connectivity index (χ1v) is 4.74. The van der Waals surface area contributed by atoms with Crippen LogP contribution < -0.4 is 11.1 Å². The van der Waals surface area contributed by atoms with Crippen LogP contribution in [-0.2, 0) is 4.79 Å². The van der Waals surface area contributed by atoms with Crippen molar-refractivity contribution in [2.75, 3.05) is 0 Å². The molecule has 1 aliphatic carbocycles. The molecule has 3 unspecified atom stereocenters. The minimum Gasteiger partial charge on any atom is -0.352 e. The zero-order valence-corrected chi connectivity index (χ0v) is 8.23. The molecular formula is C10H15N3O. The maximum absolute atomic E-state index is 11.5.